The molecule has 1 aliphatic rings. The van der Waals surface area contributed by atoms with Gasteiger partial charge in [0.25, 0.3) is 0 Å². The number of ether oxygens (including phenoxy) is 3. The van der Waals surface area contributed by atoms with E-state index in [-0.39, 0.29) is 18.0 Å². The highest BCUT2D eigenvalue weighted by Gasteiger charge is 2.21. The van der Waals surface area contributed by atoms with Gasteiger partial charge in [-0.3, -0.25) is 9.48 Å². The molecule has 4 aromatic rings. The number of fused-ring (bicyclic) bond motifs is 2. The molecule has 0 atom stereocenters. The molecule has 3 aromatic heterocycles. The highest BCUT2D eigenvalue weighted by atomic mass is 16.6. The average molecular weight is 460 g/mol. The van der Waals surface area contributed by atoms with Gasteiger partial charge in [-0.15, -0.1) is 0 Å². The zero-order valence-corrected chi connectivity index (χ0v) is 19.4. The van der Waals surface area contributed by atoms with Crippen LogP contribution in [0.3, 0.4) is 0 Å². The number of aromatic nitrogens is 4. The quantitative estimate of drug-likeness (QED) is 0.332. The van der Waals surface area contributed by atoms with Crippen LogP contribution in [0, 0.1) is 20.8 Å². The van der Waals surface area contributed by atoms with E-state index in [2.05, 4.69) is 10.1 Å². The Bertz CT molecular complexity index is 1450. The van der Waals surface area contributed by atoms with Crippen LogP contribution in [0.5, 0.6) is 11.5 Å². The van der Waals surface area contributed by atoms with Crippen molar-refractivity contribution in [1.82, 2.24) is 19.3 Å². The Morgan fingerprint density at radius 3 is 2.62 bits per heavy atom. The molecule has 0 amide bonds. The van der Waals surface area contributed by atoms with Crippen LogP contribution in [0.2, 0.25) is 0 Å². The number of carbonyl (C=O) groups excluding carboxylic acids is 2. The minimum Gasteiger partial charge on any atom is -0.486 e. The lowest BCUT2D eigenvalue weighted by Gasteiger charge is -2.20. The van der Waals surface area contributed by atoms with Crippen LogP contribution in [0.25, 0.3) is 16.7 Å². The molecule has 9 nitrogen and oxygen atoms in total. The van der Waals surface area contributed by atoms with Crippen LogP contribution in [-0.2, 0) is 11.8 Å². The zero-order chi connectivity index (χ0) is 24.0. The van der Waals surface area contributed by atoms with Gasteiger partial charge in [0.2, 0.25) is 5.78 Å². The van der Waals surface area contributed by atoms with Crippen molar-refractivity contribution in [2.24, 2.45) is 7.05 Å². The average Bonchev–Trinajstić information content (AvgIpc) is 3.30. The molecule has 0 N–H and O–H groups in total. The number of pyridine rings is 1. The van der Waals surface area contributed by atoms with E-state index in [1.54, 1.807) is 23.9 Å². The predicted octanol–water partition coefficient (Wildman–Crippen LogP) is 3.50. The van der Waals surface area contributed by atoms with Gasteiger partial charge in [-0.25, -0.2) is 9.78 Å². The Balaban J connectivity index is 1.34. The number of hydrogen-bond donors (Lipinski definition) is 0. The molecule has 0 fully saturated rings. The Labute approximate surface area is 195 Å². The van der Waals surface area contributed by atoms with Gasteiger partial charge in [0.15, 0.2) is 23.8 Å². The molecular formula is C25H24N4O5. The van der Waals surface area contributed by atoms with Gasteiger partial charge in [-0.05, 0) is 45.0 Å². The summed E-state index contributed by atoms with van der Waals surface area (Å²) in [6.45, 7) is 6.29. The first-order valence-corrected chi connectivity index (χ1v) is 10.9. The van der Waals surface area contributed by atoms with Crippen LogP contribution < -0.4 is 9.47 Å². The topological polar surface area (TPSA) is 97.5 Å². The summed E-state index contributed by atoms with van der Waals surface area (Å²) in [4.78, 5) is 29.8. The Hall–Kier alpha value is -4.14. The molecule has 0 spiro atoms. The fourth-order valence-electron chi connectivity index (χ4n) is 4.33. The first-order valence-electron chi connectivity index (χ1n) is 10.9. The molecule has 5 rings (SSSR count). The lowest BCUT2D eigenvalue weighted by Crippen LogP contribution is -2.16. The van der Waals surface area contributed by atoms with Gasteiger partial charge in [0, 0.05) is 47.3 Å². The van der Waals surface area contributed by atoms with Gasteiger partial charge in [0.1, 0.15) is 13.2 Å². The van der Waals surface area contributed by atoms with Gasteiger partial charge >= 0.3 is 5.97 Å². The first-order chi connectivity index (χ1) is 16.3. The number of benzene rings is 1. The lowest BCUT2D eigenvalue weighted by atomic mass is 10.1. The second-order valence-electron chi connectivity index (χ2n) is 8.25. The fraction of sp³-hybridized carbons (Fsp3) is 0.280. The number of carbonyl (C=O) groups is 2. The summed E-state index contributed by atoms with van der Waals surface area (Å²) in [5, 5.41) is 5.07. The third-order valence-corrected chi connectivity index (χ3v) is 5.95. The summed E-state index contributed by atoms with van der Waals surface area (Å²) in [5.41, 5.74) is 4.71. The summed E-state index contributed by atoms with van der Waals surface area (Å²) in [6, 6.07) is 9.17. The van der Waals surface area contributed by atoms with Crippen LogP contribution >= 0.6 is 0 Å². The van der Waals surface area contributed by atoms with E-state index in [0.29, 0.717) is 35.9 Å². The summed E-state index contributed by atoms with van der Waals surface area (Å²) >= 11 is 0. The molecule has 1 aromatic carbocycles. The lowest BCUT2D eigenvalue weighted by molar-refractivity contribution is 0.0474. The van der Waals surface area contributed by atoms with Crippen LogP contribution in [0.15, 0.2) is 36.5 Å². The minimum atomic E-state index is -0.605. The molecule has 1 aliphatic heterocycles. The number of ketones is 1. The monoisotopic (exact) mass is 460 g/mol. The summed E-state index contributed by atoms with van der Waals surface area (Å²) < 4.78 is 20.2. The maximum Gasteiger partial charge on any atom is 0.340 e. The largest absolute Gasteiger partial charge is 0.486 e. The van der Waals surface area contributed by atoms with E-state index in [4.69, 9.17) is 14.2 Å². The van der Waals surface area contributed by atoms with Gasteiger partial charge < -0.3 is 18.8 Å². The second kappa shape index (κ2) is 8.33. The number of rotatable bonds is 5. The van der Waals surface area contributed by atoms with E-state index < -0.39 is 5.97 Å². The number of nitrogens with zero attached hydrogens (tertiary/aromatic N) is 4. The smallest absolute Gasteiger partial charge is 0.340 e. The molecule has 9 heteroatoms. The second-order valence-corrected chi connectivity index (χ2v) is 8.25. The van der Waals surface area contributed by atoms with Crippen LogP contribution in [0.1, 0.15) is 37.8 Å². The minimum absolute atomic E-state index is 0.276. The molecule has 0 bridgehead atoms. The first kappa shape index (κ1) is 21.7. The SMILES string of the molecule is Cc1nn(C)c2ncc(C(=O)OCC(=O)c3cc(C)n(-c4ccc5c(c4)OCCO5)c3C)cc12. The molecule has 0 unspecified atom stereocenters. The Kier molecular flexibility index (Phi) is 5.31. The number of aryl methyl sites for hydroxylation is 3. The normalized spacial score (nSPS) is 12.7. The molecule has 0 radical (unpaired) electrons. The van der Waals surface area contributed by atoms with Crippen LogP contribution in [-0.4, -0.2) is 50.9 Å². The predicted molar refractivity (Wildman–Crippen MR) is 124 cm³/mol. The van der Waals surface area contributed by atoms with Crippen molar-refractivity contribution < 1.29 is 23.8 Å². The van der Waals surface area contributed by atoms with Crippen molar-refractivity contribution in [3.8, 4) is 17.2 Å². The van der Waals surface area contributed by atoms with Crippen molar-refractivity contribution in [3.05, 3.63) is 64.7 Å². The third-order valence-electron chi connectivity index (χ3n) is 5.95. The number of esters is 1. The van der Waals surface area contributed by atoms with Crippen molar-refractivity contribution in [2.45, 2.75) is 20.8 Å². The molecule has 0 saturated heterocycles. The van der Waals surface area contributed by atoms with Gasteiger partial charge in [0.05, 0.1) is 11.3 Å². The molecule has 0 aliphatic carbocycles. The van der Waals surface area contributed by atoms with E-state index in [1.165, 1.54) is 6.20 Å². The standard InChI is InChI=1S/C25H24N4O5/c1-14-9-20(16(3)29(14)18-5-6-22-23(11-18)33-8-7-32-22)21(30)13-34-25(31)17-10-19-15(2)27-28(4)24(19)26-12-17/h5-6,9-12H,7-8,13H2,1-4H3. The fourth-order valence-corrected chi connectivity index (χ4v) is 4.33. The molecule has 0 saturated carbocycles. The summed E-state index contributed by atoms with van der Waals surface area (Å²) in [7, 11) is 1.79. The van der Waals surface area contributed by atoms with Crippen LogP contribution in [0.4, 0.5) is 0 Å². The Morgan fingerprint density at radius 2 is 1.82 bits per heavy atom. The number of hydrogen-bond acceptors (Lipinski definition) is 7. The van der Waals surface area contributed by atoms with E-state index in [1.807, 2.05) is 43.5 Å². The molecular weight excluding hydrogens is 436 g/mol. The van der Waals surface area contributed by atoms with Crippen molar-refractivity contribution in [1.29, 1.82) is 0 Å². The van der Waals surface area contributed by atoms with Gasteiger partial charge in [-0.1, -0.05) is 0 Å². The highest BCUT2D eigenvalue weighted by Crippen LogP contribution is 2.33. The van der Waals surface area contributed by atoms with Crippen molar-refractivity contribution in [3.63, 3.8) is 0 Å². The van der Waals surface area contributed by atoms with E-state index >= 15 is 0 Å². The molecule has 34 heavy (non-hydrogen) atoms. The molecule has 174 valence electrons. The Morgan fingerprint density at radius 1 is 1.06 bits per heavy atom. The maximum atomic E-state index is 12.9. The van der Waals surface area contributed by atoms with Crippen molar-refractivity contribution >= 4 is 22.8 Å². The van der Waals surface area contributed by atoms with Crippen molar-refractivity contribution in [2.75, 3.05) is 19.8 Å². The third kappa shape index (κ3) is 3.68. The summed E-state index contributed by atoms with van der Waals surface area (Å²) in [5.74, 6) is 0.491. The molecule has 4 heterocycles. The highest BCUT2D eigenvalue weighted by molar-refractivity contribution is 6.01. The summed E-state index contributed by atoms with van der Waals surface area (Å²) in [6.07, 6.45) is 1.43. The van der Waals surface area contributed by atoms with E-state index in [0.717, 1.165) is 28.2 Å². The zero-order valence-electron chi connectivity index (χ0n) is 19.4. The maximum absolute atomic E-state index is 12.9. The van der Waals surface area contributed by atoms with Gasteiger partial charge in [-0.2, -0.15) is 5.10 Å². The number of Topliss-reactive ketones (excluding diaryl/α,β-unsaturated/α-hetero) is 1. The van der Waals surface area contributed by atoms with E-state index in [9.17, 15) is 9.59 Å².